The number of halogens is 2. The van der Waals surface area contributed by atoms with E-state index < -0.39 is 4.92 Å². The fourth-order valence-corrected chi connectivity index (χ4v) is 2.16. The van der Waals surface area contributed by atoms with Crippen LogP contribution in [0, 0.1) is 16.7 Å². The molecule has 0 saturated heterocycles. The van der Waals surface area contributed by atoms with Crippen LogP contribution in [0.4, 0.5) is 5.82 Å². The molecule has 0 aliphatic carbocycles. The molecule has 1 aromatic carbocycles. The molecule has 0 spiro atoms. The Morgan fingerprint density at radius 3 is 2.70 bits per heavy atom. The van der Waals surface area contributed by atoms with Gasteiger partial charge in [0.05, 0.1) is 0 Å². The van der Waals surface area contributed by atoms with Crippen LogP contribution < -0.4 is 0 Å². The van der Waals surface area contributed by atoms with Crippen molar-refractivity contribution in [2.45, 2.75) is 6.92 Å². The molecule has 5 nitrogen and oxygen atoms in total. The SMILES string of the molecule is C[CH]n1c([N+](=O)[O-])cnc1/C=C/c1ccc(Cl)cc1Cl. The quantitative estimate of drug-likeness (QED) is 0.625. The Hall–Kier alpha value is -1.85. The molecule has 0 aliphatic rings. The van der Waals surface area contributed by atoms with E-state index in [0.29, 0.717) is 15.9 Å². The average Bonchev–Trinajstić information content (AvgIpc) is 2.80. The molecule has 1 radical (unpaired) electrons. The van der Waals surface area contributed by atoms with Crippen LogP contribution in [0.5, 0.6) is 0 Å². The maximum Gasteiger partial charge on any atom is 0.343 e. The summed E-state index contributed by atoms with van der Waals surface area (Å²) >= 11 is 11.9. The average molecular weight is 311 g/mol. The van der Waals surface area contributed by atoms with Gasteiger partial charge in [0.2, 0.25) is 5.82 Å². The highest BCUT2D eigenvalue weighted by atomic mass is 35.5. The zero-order chi connectivity index (χ0) is 14.7. The number of aromatic nitrogens is 2. The van der Waals surface area contributed by atoms with E-state index in [1.807, 2.05) is 0 Å². The van der Waals surface area contributed by atoms with Gasteiger partial charge in [-0.2, -0.15) is 4.57 Å². The molecule has 2 aromatic rings. The van der Waals surface area contributed by atoms with E-state index in [2.05, 4.69) is 4.98 Å². The number of nitro groups is 1. The zero-order valence-corrected chi connectivity index (χ0v) is 12.0. The number of nitrogens with zero attached hydrogens (tertiary/aromatic N) is 3. The minimum absolute atomic E-state index is 0.0886. The molecule has 0 bridgehead atoms. The number of hydrogen-bond donors (Lipinski definition) is 0. The Balaban J connectivity index is 2.34. The third-order valence-corrected chi connectivity index (χ3v) is 3.19. The van der Waals surface area contributed by atoms with Crippen LogP contribution in [0.2, 0.25) is 10.0 Å². The van der Waals surface area contributed by atoms with Gasteiger partial charge in [0, 0.05) is 16.1 Å². The number of imidazole rings is 1. The summed E-state index contributed by atoms with van der Waals surface area (Å²) in [6.45, 7) is 3.27. The van der Waals surface area contributed by atoms with E-state index >= 15 is 0 Å². The van der Waals surface area contributed by atoms with Gasteiger partial charge in [-0.25, -0.2) is 4.98 Å². The first-order valence-corrected chi connectivity index (χ1v) is 6.42. The molecule has 0 N–H and O–H groups in total. The predicted octanol–water partition coefficient (Wildman–Crippen LogP) is 4.30. The second kappa shape index (κ2) is 6.07. The first-order chi connectivity index (χ1) is 9.52. The minimum Gasteiger partial charge on any atom is -0.358 e. The molecule has 103 valence electrons. The van der Waals surface area contributed by atoms with Crippen LogP contribution in [0.1, 0.15) is 18.3 Å². The summed E-state index contributed by atoms with van der Waals surface area (Å²) in [5.41, 5.74) is 0.754. The van der Waals surface area contributed by atoms with Crippen LogP contribution >= 0.6 is 23.2 Å². The molecule has 0 unspecified atom stereocenters. The molecule has 20 heavy (non-hydrogen) atoms. The van der Waals surface area contributed by atoms with Crippen LogP contribution in [0.25, 0.3) is 12.2 Å². The van der Waals surface area contributed by atoms with Crippen molar-refractivity contribution in [3.63, 3.8) is 0 Å². The fourth-order valence-electron chi connectivity index (χ4n) is 1.69. The van der Waals surface area contributed by atoms with Gasteiger partial charge in [-0.15, -0.1) is 0 Å². The van der Waals surface area contributed by atoms with E-state index in [0.717, 1.165) is 5.56 Å². The molecule has 0 atom stereocenters. The van der Waals surface area contributed by atoms with E-state index in [-0.39, 0.29) is 5.82 Å². The second-order valence-corrected chi connectivity index (χ2v) is 4.70. The van der Waals surface area contributed by atoms with Crippen LogP contribution in [-0.4, -0.2) is 14.5 Å². The van der Waals surface area contributed by atoms with Gasteiger partial charge in [-0.05, 0) is 35.6 Å². The highest BCUT2D eigenvalue weighted by Crippen LogP contribution is 2.23. The number of hydrogen-bond acceptors (Lipinski definition) is 3. The molecule has 1 heterocycles. The van der Waals surface area contributed by atoms with Crippen LogP contribution in [-0.2, 0) is 0 Å². The largest absolute Gasteiger partial charge is 0.358 e. The van der Waals surface area contributed by atoms with Gasteiger partial charge in [-0.1, -0.05) is 29.3 Å². The van der Waals surface area contributed by atoms with Gasteiger partial charge < -0.3 is 10.1 Å². The summed E-state index contributed by atoms with van der Waals surface area (Å²) in [6, 6.07) is 5.11. The molecular weight excluding hydrogens is 301 g/mol. The Morgan fingerprint density at radius 1 is 1.35 bits per heavy atom. The van der Waals surface area contributed by atoms with Crippen LogP contribution in [0.15, 0.2) is 24.4 Å². The molecule has 2 rings (SSSR count). The molecular formula is C13H10Cl2N3O2. The summed E-state index contributed by atoms with van der Waals surface area (Å²) < 4.78 is 1.39. The molecule has 0 aliphatic heterocycles. The van der Waals surface area contributed by atoms with E-state index in [9.17, 15) is 10.1 Å². The van der Waals surface area contributed by atoms with E-state index in [1.165, 1.54) is 10.8 Å². The van der Waals surface area contributed by atoms with Crippen molar-refractivity contribution in [1.29, 1.82) is 0 Å². The summed E-state index contributed by atoms with van der Waals surface area (Å²) in [4.78, 5) is 14.3. The van der Waals surface area contributed by atoms with Crippen molar-refractivity contribution in [3.8, 4) is 0 Å². The lowest BCUT2D eigenvalue weighted by molar-refractivity contribution is -0.391. The summed E-state index contributed by atoms with van der Waals surface area (Å²) in [6.07, 6.45) is 4.59. The first-order valence-electron chi connectivity index (χ1n) is 5.67. The Labute approximate surface area is 125 Å². The van der Waals surface area contributed by atoms with Crippen LogP contribution in [0.3, 0.4) is 0 Å². The lowest BCUT2D eigenvalue weighted by atomic mass is 10.2. The third kappa shape index (κ3) is 3.00. The van der Waals surface area contributed by atoms with Crippen molar-refractivity contribution in [2.24, 2.45) is 0 Å². The maximum atomic E-state index is 10.8. The minimum atomic E-state index is -0.486. The monoisotopic (exact) mass is 310 g/mol. The Morgan fingerprint density at radius 2 is 2.10 bits per heavy atom. The predicted molar refractivity (Wildman–Crippen MR) is 79.6 cm³/mol. The zero-order valence-electron chi connectivity index (χ0n) is 10.5. The molecule has 0 saturated carbocycles. The lowest BCUT2D eigenvalue weighted by Crippen LogP contribution is -2.00. The Kier molecular flexibility index (Phi) is 4.42. The van der Waals surface area contributed by atoms with Gasteiger partial charge in [0.15, 0.2) is 0 Å². The first kappa shape index (κ1) is 14.6. The standard InChI is InChI=1S/C13H10Cl2N3O2/c1-2-17-12(16-8-13(17)18(19)20)6-4-9-3-5-10(14)7-11(9)15/h2-8H,1H3/b6-4+. The third-order valence-electron chi connectivity index (χ3n) is 2.63. The summed E-state index contributed by atoms with van der Waals surface area (Å²) in [7, 11) is 0. The summed E-state index contributed by atoms with van der Waals surface area (Å²) in [5.74, 6) is 0.361. The van der Waals surface area contributed by atoms with E-state index in [4.69, 9.17) is 23.2 Å². The Bertz CT molecular complexity index is 680. The number of benzene rings is 1. The summed E-state index contributed by atoms with van der Waals surface area (Å²) in [5, 5.41) is 11.9. The van der Waals surface area contributed by atoms with Crippen molar-refractivity contribution < 1.29 is 4.92 Å². The fraction of sp³-hybridized carbons (Fsp3) is 0.0769. The molecule has 7 heteroatoms. The topological polar surface area (TPSA) is 61.0 Å². The van der Waals surface area contributed by atoms with Gasteiger partial charge in [-0.3, -0.25) is 0 Å². The molecule has 1 aromatic heterocycles. The van der Waals surface area contributed by atoms with Crippen molar-refractivity contribution in [1.82, 2.24) is 9.55 Å². The van der Waals surface area contributed by atoms with Crippen molar-refractivity contribution in [3.05, 3.63) is 62.5 Å². The highest BCUT2D eigenvalue weighted by Gasteiger charge is 2.16. The number of rotatable bonds is 4. The molecule has 0 fully saturated rings. The smallest absolute Gasteiger partial charge is 0.343 e. The van der Waals surface area contributed by atoms with Gasteiger partial charge in [0.1, 0.15) is 12.7 Å². The van der Waals surface area contributed by atoms with Gasteiger partial charge >= 0.3 is 5.82 Å². The van der Waals surface area contributed by atoms with Crippen molar-refractivity contribution in [2.75, 3.05) is 0 Å². The maximum absolute atomic E-state index is 10.8. The highest BCUT2D eigenvalue weighted by molar-refractivity contribution is 6.35. The second-order valence-electron chi connectivity index (χ2n) is 3.86. The van der Waals surface area contributed by atoms with Gasteiger partial charge in [0.25, 0.3) is 0 Å². The van der Waals surface area contributed by atoms with Crippen molar-refractivity contribution >= 4 is 41.2 Å². The molecule has 0 amide bonds. The van der Waals surface area contributed by atoms with E-state index in [1.54, 1.807) is 43.8 Å². The normalized spacial score (nSPS) is 11.2. The lowest BCUT2D eigenvalue weighted by Gasteiger charge is -1.99.